The molecule has 2 aliphatic heterocycles. The van der Waals surface area contributed by atoms with E-state index < -0.39 is 11.9 Å². The minimum absolute atomic E-state index is 0.558. The van der Waals surface area contributed by atoms with E-state index in [1.54, 1.807) is 11.3 Å². The molecule has 0 amide bonds. The van der Waals surface area contributed by atoms with Gasteiger partial charge in [0.15, 0.2) is 0 Å². The lowest BCUT2D eigenvalue weighted by atomic mass is 10.2. The monoisotopic (exact) mass is 428 g/mol. The van der Waals surface area contributed by atoms with Crippen LogP contribution >= 0.6 is 11.3 Å². The first-order valence-electron chi connectivity index (χ1n) is 9.46. The van der Waals surface area contributed by atoms with Gasteiger partial charge in [0.25, 0.3) is 0 Å². The Morgan fingerprint density at radius 3 is 2.37 bits per heavy atom. The number of amidine groups is 1. The molecule has 1 saturated heterocycles. The van der Waals surface area contributed by atoms with Gasteiger partial charge in [-0.2, -0.15) is 0 Å². The summed E-state index contributed by atoms with van der Waals surface area (Å²) in [5.41, 5.74) is 3.36. The van der Waals surface area contributed by atoms with Crippen molar-refractivity contribution in [3.63, 3.8) is 0 Å². The highest BCUT2D eigenvalue weighted by Crippen LogP contribution is 2.39. The largest absolute Gasteiger partial charge is 0.478 e. The summed E-state index contributed by atoms with van der Waals surface area (Å²) in [5.74, 6) is -1.40. The molecular formula is C21H24N4O4S. The van der Waals surface area contributed by atoms with Crippen LogP contribution in [0.2, 0.25) is 0 Å². The van der Waals surface area contributed by atoms with Gasteiger partial charge >= 0.3 is 11.9 Å². The molecule has 158 valence electrons. The highest BCUT2D eigenvalue weighted by atomic mass is 32.1. The van der Waals surface area contributed by atoms with Crippen molar-refractivity contribution in [3.8, 4) is 0 Å². The van der Waals surface area contributed by atoms with E-state index in [0.29, 0.717) is 12.2 Å². The molecule has 0 saturated carbocycles. The van der Waals surface area contributed by atoms with Crippen molar-refractivity contribution in [1.29, 1.82) is 0 Å². The number of piperazine rings is 1. The molecule has 9 heteroatoms. The SMILES string of the molecule is Cc1cc2c(s1)Nc1ccccc1N=C2N1CCN(C)CC1.O=C(O)/C=C\C(=O)O. The molecule has 1 fully saturated rings. The smallest absolute Gasteiger partial charge is 0.328 e. The quantitative estimate of drug-likeness (QED) is 0.631. The molecule has 0 radical (unpaired) electrons. The van der Waals surface area contributed by atoms with Crippen LogP contribution in [0.1, 0.15) is 10.4 Å². The van der Waals surface area contributed by atoms with E-state index in [1.165, 1.54) is 15.4 Å². The van der Waals surface area contributed by atoms with Crippen molar-refractivity contribution >= 4 is 45.5 Å². The number of carboxylic acid groups (broad SMARTS) is 2. The summed E-state index contributed by atoms with van der Waals surface area (Å²) < 4.78 is 0. The van der Waals surface area contributed by atoms with E-state index in [9.17, 15) is 9.59 Å². The minimum atomic E-state index is -1.26. The molecule has 30 heavy (non-hydrogen) atoms. The van der Waals surface area contributed by atoms with Crippen LogP contribution in [-0.2, 0) is 9.59 Å². The van der Waals surface area contributed by atoms with Crippen LogP contribution in [0.3, 0.4) is 0 Å². The van der Waals surface area contributed by atoms with Crippen molar-refractivity contribution < 1.29 is 19.8 Å². The summed E-state index contributed by atoms with van der Waals surface area (Å²) in [5, 5.41) is 20.4. The molecule has 3 N–H and O–H groups in total. The molecule has 0 atom stereocenters. The number of nitrogens with one attached hydrogen (secondary N) is 1. The van der Waals surface area contributed by atoms with Gasteiger partial charge in [0.2, 0.25) is 0 Å². The number of carboxylic acids is 2. The Morgan fingerprint density at radius 1 is 1.10 bits per heavy atom. The van der Waals surface area contributed by atoms with Crippen LogP contribution in [0.5, 0.6) is 0 Å². The maximum Gasteiger partial charge on any atom is 0.328 e. The Hall–Kier alpha value is -3.17. The topological polar surface area (TPSA) is 105 Å². The number of hydrogen-bond donors (Lipinski definition) is 3. The zero-order valence-corrected chi connectivity index (χ0v) is 17.6. The Morgan fingerprint density at radius 2 is 1.73 bits per heavy atom. The zero-order valence-electron chi connectivity index (χ0n) is 16.8. The Bertz CT molecular complexity index is 975. The number of hydrogen-bond acceptors (Lipinski definition) is 7. The first-order valence-corrected chi connectivity index (χ1v) is 10.3. The summed E-state index contributed by atoms with van der Waals surface area (Å²) in [6.45, 7) is 6.41. The number of aliphatic carboxylic acids is 2. The van der Waals surface area contributed by atoms with Crippen LogP contribution in [0.25, 0.3) is 0 Å². The van der Waals surface area contributed by atoms with Crippen LogP contribution in [-0.4, -0.2) is 71.0 Å². The lowest BCUT2D eigenvalue weighted by molar-refractivity contribution is -0.134. The molecule has 0 aliphatic carbocycles. The van der Waals surface area contributed by atoms with Crippen LogP contribution in [0, 0.1) is 6.92 Å². The average molecular weight is 429 g/mol. The van der Waals surface area contributed by atoms with E-state index in [-0.39, 0.29) is 0 Å². The summed E-state index contributed by atoms with van der Waals surface area (Å²) in [7, 11) is 2.18. The van der Waals surface area contributed by atoms with E-state index >= 15 is 0 Å². The maximum absolute atomic E-state index is 9.55. The summed E-state index contributed by atoms with van der Waals surface area (Å²) in [4.78, 5) is 30.2. The number of thiophene rings is 1. The molecule has 8 nitrogen and oxygen atoms in total. The number of likely N-dealkylation sites (N-methyl/N-ethyl adjacent to an activating group) is 1. The third kappa shape index (κ3) is 5.46. The number of nitrogens with zero attached hydrogens (tertiary/aromatic N) is 3. The fourth-order valence-electron chi connectivity index (χ4n) is 3.15. The fourth-order valence-corrected chi connectivity index (χ4v) is 4.07. The number of aryl methyl sites for hydroxylation is 1. The number of fused-ring (bicyclic) bond motifs is 2. The summed E-state index contributed by atoms with van der Waals surface area (Å²) in [6.07, 6.45) is 1.12. The molecule has 2 aliphatic rings. The molecule has 0 unspecified atom stereocenters. The number of carbonyl (C=O) groups is 2. The predicted octanol–water partition coefficient (Wildman–Crippen LogP) is 3.15. The van der Waals surface area contributed by atoms with Crippen LogP contribution < -0.4 is 5.32 Å². The van der Waals surface area contributed by atoms with Gasteiger partial charge in [0.1, 0.15) is 10.8 Å². The first-order chi connectivity index (χ1) is 14.3. The van der Waals surface area contributed by atoms with Gasteiger partial charge in [-0.25, -0.2) is 14.6 Å². The molecule has 1 aromatic carbocycles. The van der Waals surface area contributed by atoms with Gasteiger partial charge in [0, 0.05) is 43.2 Å². The molecule has 3 heterocycles. The van der Waals surface area contributed by atoms with E-state index in [2.05, 4.69) is 59.4 Å². The minimum Gasteiger partial charge on any atom is -0.478 e. The number of para-hydroxylation sites is 2. The van der Waals surface area contributed by atoms with Crippen molar-refractivity contribution in [2.24, 2.45) is 4.99 Å². The normalized spacial score (nSPS) is 15.8. The molecular weight excluding hydrogens is 404 g/mol. The van der Waals surface area contributed by atoms with Gasteiger partial charge in [-0.05, 0) is 32.2 Å². The van der Waals surface area contributed by atoms with E-state index in [0.717, 1.165) is 43.4 Å². The highest BCUT2D eigenvalue weighted by molar-refractivity contribution is 7.16. The first kappa shape index (κ1) is 21.5. The Labute approximate surface area is 178 Å². The predicted molar refractivity (Wildman–Crippen MR) is 118 cm³/mol. The van der Waals surface area contributed by atoms with Gasteiger partial charge in [-0.3, -0.25) is 0 Å². The third-order valence-electron chi connectivity index (χ3n) is 4.65. The Balaban J connectivity index is 0.000000275. The van der Waals surface area contributed by atoms with Gasteiger partial charge < -0.3 is 25.3 Å². The standard InChI is InChI=1S/C17H20N4S.C4H4O4/c1-12-11-13-16(21-9-7-20(2)8-10-21)18-14-5-3-4-6-15(14)19-17(13)22-12;5-3(6)1-2-4(7)8/h3-6,11,19H,7-10H2,1-2H3;1-2H,(H,5,6)(H,7,8)/b;2-1-. The lowest BCUT2D eigenvalue weighted by Crippen LogP contribution is -2.47. The molecule has 2 aromatic rings. The average Bonchev–Trinajstić information content (AvgIpc) is 2.99. The molecule has 1 aromatic heterocycles. The molecule has 0 spiro atoms. The number of benzene rings is 1. The van der Waals surface area contributed by atoms with Crippen LogP contribution in [0.4, 0.5) is 16.4 Å². The van der Waals surface area contributed by atoms with Gasteiger partial charge in [-0.1, -0.05) is 12.1 Å². The summed E-state index contributed by atoms with van der Waals surface area (Å²) in [6, 6.07) is 10.6. The fraction of sp³-hybridized carbons (Fsp3) is 0.286. The number of anilines is 2. The number of aliphatic imine (C=N–C) groups is 1. The van der Waals surface area contributed by atoms with Gasteiger partial charge in [0.05, 0.1) is 16.9 Å². The Kier molecular flexibility index (Phi) is 6.86. The zero-order chi connectivity index (χ0) is 21.7. The van der Waals surface area contributed by atoms with E-state index in [4.69, 9.17) is 15.2 Å². The van der Waals surface area contributed by atoms with Crippen molar-refractivity contribution in [2.75, 3.05) is 38.5 Å². The van der Waals surface area contributed by atoms with Crippen molar-refractivity contribution in [3.05, 3.63) is 52.9 Å². The highest BCUT2D eigenvalue weighted by Gasteiger charge is 2.25. The van der Waals surface area contributed by atoms with Gasteiger partial charge in [-0.15, -0.1) is 11.3 Å². The second kappa shape index (κ2) is 9.55. The van der Waals surface area contributed by atoms with E-state index in [1.807, 2.05) is 0 Å². The second-order valence-electron chi connectivity index (χ2n) is 6.98. The molecule has 4 rings (SSSR count). The molecule has 0 bridgehead atoms. The summed E-state index contributed by atoms with van der Waals surface area (Å²) >= 11 is 1.81. The number of rotatable bonds is 2. The third-order valence-corrected chi connectivity index (χ3v) is 5.61. The second-order valence-corrected chi connectivity index (χ2v) is 8.23. The van der Waals surface area contributed by atoms with Crippen molar-refractivity contribution in [1.82, 2.24) is 9.80 Å². The maximum atomic E-state index is 9.55. The lowest BCUT2D eigenvalue weighted by Gasteiger charge is -2.34. The van der Waals surface area contributed by atoms with Crippen LogP contribution in [0.15, 0.2) is 47.5 Å². The van der Waals surface area contributed by atoms with Crippen molar-refractivity contribution in [2.45, 2.75) is 6.92 Å².